The highest BCUT2D eigenvalue weighted by atomic mass is 16.1. The Bertz CT molecular complexity index is 413. The smallest absolute Gasteiger partial charge is 0.250 e. The second-order valence-corrected chi connectivity index (χ2v) is 4.63. The summed E-state index contributed by atoms with van der Waals surface area (Å²) in [5.74, 6) is 0. The number of nitrogens with one attached hydrogen (secondary N) is 1. The summed E-state index contributed by atoms with van der Waals surface area (Å²) < 4.78 is 1.59. The normalized spacial score (nSPS) is 25.4. The third-order valence-corrected chi connectivity index (χ3v) is 3.17. The van der Waals surface area contributed by atoms with Crippen LogP contribution in [0.4, 0.5) is 5.69 Å². The molecule has 4 nitrogen and oxygen atoms in total. The third kappa shape index (κ3) is 2.64. The van der Waals surface area contributed by atoms with Crippen molar-refractivity contribution in [3.63, 3.8) is 0 Å². The van der Waals surface area contributed by atoms with Crippen LogP contribution in [0.2, 0.25) is 0 Å². The summed E-state index contributed by atoms with van der Waals surface area (Å²) in [4.78, 5) is 11.2. The molecular formula is C12H19N3O. The number of nitrogens with zero attached hydrogens (tertiary/aromatic N) is 1. The maximum Gasteiger partial charge on any atom is 0.250 e. The number of hydrogen-bond donors (Lipinski definition) is 2. The molecule has 2 atom stereocenters. The molecule has 1 fully saturated rings. The van der Waals surface area contributed by atoms with E-state index in [9.17, 15) is 4.79 Å². The molecule has 2 rings (SSSR count). The molecule has 1 aromatic heterocycles. The zero-order valence-corrected chi connectivity index (χ0v) is 9.65. The number of anilines is 1. The summed E-state index contributed by atoms with van der Waals surface area (Å²) in [7, 11) is 1.76. The lowest BCUT2D eigenvalue weighted by atomic mass is 9.91. The molecule has 1 saturated carbocycles. The number of hydrogen-bond acceptors (Lipinski definition) is 3. The van der Waals surface area contributed by atoms with E-state index in [1.54, 1.807) is 17.7 Å². The Balaban J connectivity index is 2.03. The molecule has 16 heavy (non-hydrogen) atoms. The summed E-state index contributed by atoms with van der Waals surface area (Å²) in [5, 5.41) is 3.44. The van der Waals surface area contributed by atoms with Gasteiger partial charge < -0.3 is 15.6 Å². The zero-order chi connectivity index (χ0) is 11.5. The van der Waals surface area contributed by atoms with E-state index < -0.39 is 0 Å². The SMILES string of the molecule is Cn1cc(NC2CCCC(N)C2)ccc1=O. The molecular weight excluding hydrogens is 202 g/mol. The Hall–Kier alpha value is -1.29. The summed E-state index contributed by atoms with van der Waals surface area (Å²) in [6.45, 7) is 0. The van der Waals surface area contributed by atoms with E-state index in [0.29, 0.717) is 12.1 Å². The largest absolute Gasteiger partial charge is 0.381 e. The van der Waals surface area contributed by atoms with Gasteiger partial charge in [-0.2, -0.15) is 0 Å². The second-order valence-electron chi connectivity index (χ2n) is 4.63. The van der Waals surface area contributed by atoms with Crippen molar-refractivity contribution in [3.05, 3.63) is 28.7 Å². The standard InChI is InChI=1S/C12H19N3O/c1-15-8-11(5-6-12(15)16)14-10-4-2-3-9(13)7-10/h5-6,8-10,14H,2-4,7,13H2,1H3. The molecule has 1 heterocycles. The van der Waals surface area contributed by atoms with Crippen LogP contribution < -0.4 is 16.6 Å². The fourth-order valence-corrected chi connectivity index (χ4v) is 2.27. The maximum atomic E-state index is 11.2. The van der Waals surface area contributed by atoms with Gasteiger partial charge in [-0.1, -0.05) is 0 Å². The molecule has 0 amide bonds. The molecule has 0 spiro atoms. The van der Waals surface area contributed by atoms with Gasteiger partial charge in [0.1, 0.15) is 0 Å². The van der Waals surface area contributed by atoms with Crippen LogP contribution in [0.15, 0.2) is 23.1 Å². The number of nitrogens with two attached hydrogens (primary N) is 1. The molecule has 0 aliphatic heterocycles. The first-order valence-corrected chi connectivity index (χ1v) is 5.84. The molecule has 2 unspecified atom stereocenters. The van der Waals surface area contributed by atoms with Crippen molar-refractivity contribution in [3.8, 4) is 0 Å². The first kappa shape index (κ1) is 11.2. The molecule has 1 aliphatic carbocycles. The highest BCUT2D eigenvalue weighted by Gasteiger charge is 2.18. The monoisotopic (exact) mass is 221 g/mol. The van der Waals surface area contributed by atoms with E-state index in [0.717, 1.165) is 24.9 Å². The minimum atomic E-state index is 0.0193. The molecule has 0 radical (unpaired) electrons. The lowest BCUT2D eigenvalue weighted by molar-refractivity contribution is 0.409. The predicted octanol–water partition coefficient (Wildman–Crippen LogP) is 1.07. The van der Waals surface area contributed by atoms with Crippen LogP contribution in [-0.2, 0) is 7.05 Å². The van der Waals surface area contributed by atoms with Crippen LogP contribution in [0.5, 0.6) is 0 Å². The average Bonchev–Trinajstić information content (AvgIpc) is 2.24. The number of aryl methyl sites for hydroxylation is 1. The van der Waals surface area contributed by atoms with Gasteiger partial charge in [0.2, 0.25) is 5.56 Å². The lowest BCUT2D eigenvalue weighted by Gasteiger charge is -2.28. The molecule has 3 N–H and O–H groups in total. The molecule has 88 valence electrons. The first-order valence-electron chi connectivity index (χ1n) is 5.84. The Labute approximate surface area is 95.5 Å². The fraction of sp³-hybridized carbons (Fsp3) is 0.583. The van der Waals surface area contributed by atoms with Crippen molar-refractivity contribution in [2.75, 3.05) is 5.32 Å². The second kappa shape index (κ2) is 4.70. The Morgan fingerprint density at radius 2 is 2.25 bits per heavy atom. The van der Waals surface area contributed by atoms with Crippen LogP contribution >= 0.6 is 0 Å². The van der Waals surface area contributed by atoms with E-state index in [1.165, 1.54) is 6.42 Å². The zero-order valence-electron chi connectivity index (χ0n) is 9.65. The van der Waals surface area contributed by atoms with Gasteiger partial charge in [-0.25, -0.2) is 0 Å². The topological polar surface area (TPSA) is 60.1 Å². The van der Waals surface area contributed by atoms with Gasteiger partial charge in [0.25, 0.3) is 0 Å². The van der Waals surface area contributed by atoms with Crippen LogP contribution in [0, 0.1) is 0 Å². The molecule has 1 aromatic rings. The minimum Gasteiger partial charge on any atom is -0.381 e. The lowest BCUT2D eigenvalue weighted by Crippen LogP contribution is -2.35. The van der Waals surface area contributed by atoms with Gasteiger partial charge in [-0.3, -0.25) is 4.79 Å². The van der Waals surface area contributed by atoms with Crippen LogP contribution in [0.1, 0.15) is 25.7 Å². The van der Waals surface area contributed by atoms with Crippen molar-refractivity contribution < 1.29 is 0 Å². The van der Waals surface area contributed by atoms with Crippen LogP contribution in [0.25, 0.3) is 0 Å². The number of pyridine rings is 1. The Kier molecular flexibility index (Phi) is 3.29. The minimum absolute atomic E-state index is 0.0193. The highest BCUT2D eigenvalue weighted by molar-refractivity contribution is 5.41. The third-order valence-electron chi connectivity index (χ3n) is 3.17. The van der Waals surface area contributed by atoms with Crippen molar-refractivity contribution in [1.29, 1.82) is 0 Å². The van der Waals surface area contributed by atoms with Crippen molar-refractivity contribution in [1.82, 2.24) is 4.57 Å². The average molecular weight is 221 g/mol. The van der Waals surface area contributed by atoms with Gasteiger partial charge in [-0.15, -0.1) is 0 Å². The van der Waals surface area contributed by atoms with Crippen molar-refractivity contribution in [2.24, 2.45) is 12.8 Å². The molecule has 1 aliphatic rings. The number of aromatic nitrogens is 1. The van der Waals surface area contributed by atoms with Gasteiger partial charge in [0.15, 0.2) is 0 Å². The van der Waals surface area contributed by atoms with E-state index in [4.69, 9.17) is 5.73 Å². The molecule has 0 bridgehead atoms. The van der Waals surface area contributed by atoms with E-state index >= 15 is 0 Å². The van der Waals surface area contributed by atoms with E-state index in [1.807, 2.05) is 12.3 Å². The van der Waals surface area contributed by atoms with Gasteiger partial charge >= 0.3 is 0 Å². The summed E-state index contributed by atoms with van der Waals surface area (Å²) in [6.07, 6.45) is 6.33. The summed E-state index contributed by atoms with van der Waals surface area (Å²) >= 11 is 0. The molecule has 0 saturated heterocycles. The van der Waals surface area contributed by atoms with Gasteiger partial charge in [0, 0.05) is 31.4 Å². The van der Waals surface area contributed by atoms with E-state index in [2.05, 4.69) is 5.32 Å². The molecule has 0 aromatic carbocycles. The Morgan fingerprint density at radius 1 is 1.44 bits per heavy atom. The number of rotatable bonds is 2. The van der Waals surface area contributed by atoms with Crippen LogP contribution in [-0.4, -0.2) is 16.7 Å². The highest BCUT2D eigenvalue weighted by Crippen LogP contribution is 2.20. The summed E-state index contributed by atoms with van der Waals surface area (Å²) in [6, 6.07) is 4.19. The molecule has 4 heteroatoms. The fourth-order valence-electron chi connectivity index (χ4n) is 2.27. The van der Waals surface area contributed by atoms with Gasteiger partial charge in [0.05, 0.1) is 5.69 Å². The van der Waals surface area contributed by atoms with Crippen molar-refractivity contribution >= 4 is 5.69 Å². The van der Waals surface area contributed by atoms with Crippen molar-refractivity contribution in [2.45, 2.75) is 37.8 Å². The summed E-state index contributed by atoms with van der Waals surface area (Å²) in [5.41, 5.74) is 6.96. The Morgan fingerprint density at radius 3 is 2.94 bits per heavy atom. The van der Waals surface area contributed by atoms with Crippen LogP contribution in [0.3, 0.4) is 0 Å². The maximum absolute atomic E-state index is 11.2. The quantitative estimate of drug-likeness (QED) is 0.785. The van der Waals surface area contributed by atoms with Gasteiger partial charge in [-0.05, 0) is 31.7 Å². The predicted molar refractivity (Wildman–Crippen MR) is 65.5 cm³/mol. The first-order chi connectivity index (χ1) is 7.65. The van der Waals surface area contributed by atoms with E-state index in [-0.39, 0.29) is 5.56 Å².